The molecule has 6 nitrogen and oxygen atoms in total. The van der Waals surface area contributed by atoms with Gasteiger partial charge in [-0.3, -0.25) is 9.45 Å². The van der Waals surface area contributed by atoms with Crippen molar-refractivity contribution in [3.63, 3.8) is 0 Å². The zero-order chi connectivity index (χ0) is 7.71. The molecule has 1 atom stereocenters. The van der Waals surface area contributed by atoms with Crippen LogP contribution in [0.4, 0.5) is 4.20 Å². The number of hydrogen-bond acceptors (Lipinski definition) is 4. The molecule has 0 rings (SSSR count). The fraction of sp³-hybridized carbons (Fsp3) is 0. The van der Waals surface area contributed by atoms with Gasteiger partial charge in [-0.1, -0.05) is 0 Å². The van der Waals surface area contributed by atoms with E-state index in [0.29, 0.717) is 0 Å². The van der Waals surface area contributed by atoms with Crippen molar-refractivity contribution in [2.45, 2.75) is 0 Å². The first-order valence-electron chi connectivity index (χ1n) is 1.42. The molecule has 2 N–H and O–H groups in total. The summed E-state index contributed by atoms with van der Waals surface area (Å²) >= 11 is 0. The van der Waals surface area contributed by atoms with Gasteiger partial charge in [0.2, 0.25) is 0 Å². The molecule has 0 aromatic heterocycles. The van der Waals surface area contributed by atoms with E-state index in [0.717, 1.165) is 0 Å². The van der Waals surface area contributed by atoms with E-state index in [1.807, 2.05) is 0 Å². The third-order valence-corrected chi connectivity index (χ3v) is 1.68. The van der Waals surface area contributed by atoms with E-state index < -0.39 is 18.3 Å². The number of halogens is 1. The lowest BCUT2D eigenvalue weighted by Gasteiger charge is -1.95. The first-order valence-corrected chi connectivity index (χ1v) is 4.25. The highest BCUT2D eigenvalue weighted by molar-refractivity contribution is 7.85. The van der Waals surface area contributed by atoms with Crippen molar-refractivity contribution in [1.29, 1.82) is 0 Å². The molecule has 0 heterocycles. The zero-order valence-corrected chi connectivity index (χ0v) is 5.47. The van der Waals surface area contributed by atoms with E-state index in [4.69, 9.17) is 9.45 Å². The highest BCUT2D eigenvalue weighted by Crippen LogP contribution is 2.44. The predicted molar refractivity (Wildman–Crippen MR) is 23.6 cm³/mol. The third kappa shape index (κ3) is 7.99. The standard InChI is InChI=1S/FH2O6PS/c1-8(2,3)7-9(4,5)6/h(H,2,3)(H,4,5,6). The molecule has 9 heavy (non-hydrogen) atoms. The fourth-order valence-corrected chi connectivity index (χ4v) is 1.05. The third-order valence-electron chi connectivity index (χ3n) is 0.186. The summed E-state index contributed by atoms with van der Waals surface area (Å²) in [6, 6.07) is 0. The van der Waals surface area contributed by atoms with Crippen molar-refractivity contribution < 1.29 is 30.6 Å². The van der Waals surface area contributed by atoms with E-state index >= 15 is 0 Å². The lowest BCUT2D eigenvalue weighted by atomic mass is 15.8. The van der Waals surface area contributed by atoms with Gasteiger partial charge in [0.15, 0.2) is 0 Å². The van der Waals surface area contributed by atoms with Gasteiger partial charge in [-0.15, -0.1) is 8.17 Å². The van der Waals surface area contributed by atoms with Crippen LogP contribution in [0.25, 0.3) is 0 Å². The number of hydrogen-bond donors (Lipinski definition) is 2. The highest BCUT2D eigenvalue weighted by Gasteiger charge is 2.25. The van der Waals surface area contributed by atoms with E-state index in [1.165, 1.54) is 0 Å². The Labute approximate surface area is 49.9 Å². The summed E-state index contributed by atoms with van der Waals surface area (Å²) in [7, 11) is -10.8. The van der Waals surface area contributed by atoms with Crippen LogP contribution in [-0.4, -0.2) is 17.9 Å². The van der Waals surface area contributed by atoms with Gasteiger partial charge in [-0.2, -0.15) is 8.42 Å². The fourth-order valence-electron chi connectivity index (χ4n) is 0.116. The van der Waals surface area contributed by atoms with Crippen LogP contribution in [-0.2, 0) is 18.9 Å². The molecule has 0 spiro atoms. The average Bonchev–Trinajstić information content (AvgIpc) is 1.14. The van der Waals surface area contributed by atoms with Gasteiger partial charge in [0, 0.05) is 0 Å². The lowest BCUT2D eigenvalue weighted by Crippen LogP contribution is -1.98. The SMILES string of the molecule is O=P(O)(F)OS(=O)(=O)O. The molecule has 0 aliphatic carbocycles. The molecule has 0 aliphatic rings. The number of rotatable bonds is 2. The Kier molecular flexibility index (Phi) is 2.31. The molecule has 0 amide bonds. The van der Waals surface area contributed by atoms with Crippen LogP contribution in [0.2, 0.25) is 0 Å². The minimum absolute atomic E-state index is 2.60. The minimum atomic E-state index is -5.63. The van der Waals surface area contributed by atoms with Crippen LogP contribution in [0.15, 0.2) is 0 Å². The van der Waals surface area contributed by atoms with Crippen molar-refractivity contribution in [2.75, 3.05) is 0 Å². The maximum absolute atomic E-state index is 11.2. The summed E-state index contributed by atoms with van der Waals surface area (Å²) in [6.07, 6.45) is 0. The molecule has 0 bridgehead atoms. The molecular formula is H2FO6PS. The van der Waals surface area contributed by atoms with Gasteiger partial charge >= 0.3 is 18.3 Å². The second-order valence-corrected chi connectivity index (χ2v) is 3.31. The first kappa shape index (κ1) is 8.99. The highest BCUT2D eigenvalue weighted by atomic mass is 32.3. The van der Waals surface area contributed by atoms with Gasteiger partial charge in [0.05, 0.1) is 0 Å². The summed E-state index contributed by atoms with van der Waals surface area (Å²) < 4.78 is 49.5. The summed E-state index contributed by atoms with van der Waals surface area (Å²) in [5, 5.41) is 0. The first-order chi connectivity index (χ1) is 3.71. The zero-order valence-electron chi connectivity index (χ0n) is 3.76. The average molecular weight is 180 g/mol. The van der Waals surface area contributed by atoms with E-state index in [9.17, 15) is 17.2 Å². The Morgan fingerprint density at radius 1 is 1.56 bits per heavy atom. The molecule has 0 aliphatic heterocycles. The van der Waals surface area contributed by atoms with Crippen LogP contribution in [0.1, 0.15) is 0 Å². The van der Waals surface area contributed by atoms with Crippen molar-refractivity contribution in [1.82, 2.24) is 0 Å². The topological polar surface area (TPSA) is 101 Å². The minimum Gasteiger partial charge on any atom is -0.298 e. The van der Waals surface area contributed by atoms with E-state index in [2.05, 4.69) is 3.97 Å². The Bertz CT molecular complexity index is 219. The lowest BCUT2D eigenvalue weighted by molar-refractivity contribution is 0.304. The molecule has 1 unspecified atom stereocenters. The normalized spacial score (nSPS) is 19.0. The molecule has 0 saturated carbocycles. The summed E-state index contributed by atoms with van der Waals surface area (Å²) in [5.74, 6) is 0. The van der Waals surface area contributed by atoms with Crippen LogP contribution in [0.3, 0.4) is 0 Å². The van der Waals surface area contributed by atoms with Crippen molar-refractivity contribution in [2.24, 2.45) is 0 Å². The molecule has 0 saturated heterocycles. The van der Waals surface area contributed by atoms with Crippen LogP contribution >= 0.6 is 7.91 Å². The molecule has 0 aromatic carbocycles. The van der Waals surface area contributed by atoms with Crippen LogP contribution in [0.5, 0.6) is 0 Å². The predicted octanol–water partition coefficient (Wildman–Crippen LogP) is -0.124. The van der Waals surface area contributed by atoms with Gasteiger partial charge in [0.25, 0.3) is 0 Å². The Morgan fingerprint density at radius 2 is 1.89 bits per heavy atom. The van der Waals surface area contributed by atoms with E-state index in [-0.39, 0.29) is 0 Å². The molecule has 56 valence electrons. The second kappa shape index (κ2) is 2.31. The van der Waals surface area contributed by atoms with Crippen molar-refractivity contribution in [3.8, 4) is 0 Å². The largest absolute Gasteiger partial charge is 0.527 e. The van der Waals surface area contributed by atoms with Gasteiger partial charge in [-0.05, 0) is 0 Å². The summed E-state index contributed by atoms with van der Waals surface area (Å²) in [4.78, 5) is 7.48. The Morgan fingerprint density at radius 3 is 1.89 bits per heavy atom. The van der Waals surface area contributed by atoms with Gasteiger partial charge in [0.1, 0.15) is 0 Å². The van der Waals surface area contributed by atoms with E-state index in [1.54, 1.807) is 0 Å². The van der Waals surface area contributed by atoms with Gasteiger partial charge in [-0.25, -0.2) is 4.57 Å². The van der Waals surface area contributed by atoms with Crippen LogP contribution < -0.4 is 0 Å². The van der Waals surface area contributed by atoms with Gasteiger partial charge < -0.3 is 0 Å². The Hall–Kier alpha value is -0.0100. The summed E-state index contributed by atoms with van der Waals surface area (Å²) in [6.45, 7) is 0. The monoisotopic (exact) mass is 180 g/mol. The van der Waals surface area contributed by atoms with Crippen molar-refractivity contribution >= 4 is 18.3 Å². The molecular weight excluding hydrogens is 178 g/mol. The summed E-state index contributed by atoms with van der Waals surface area (Å²) in [5.41, 5.74) is 0. The smallest absolute Gasteiger partial charge is 0.298 e. The van der Waals surface area contributed by atoms with Crippen molar-refractivity contribution in [3.05, 3.63) is 0 Å². The molecule has 0 aromatic rings. The molecule has 0 fully saturated rings. The van der Waals surface area contributed by atoms with Crippen LogP contribution in [0, 0.1) is 0 Å². The second-order valence-electron chi connectivity index (χ2n) is 0.954. The Balaban J connectivity index is 4.26. The molecule has 0 radical (unpaired) electrons. The maximum Gasteiger partial charge on any atom is 0.527 e. The molecule has 9 heteroatoms. The quantitative estimate of drug-likeness (QED) is 0.453. The maximum atomic E-state index is 11.2.